The maximum Gasteiger partial charge on any atom is 0.218 e. The highest BCUT2D eigenvalue weighted by molar-refractivity contribution is 5.39. The first-order valence-corrected chi connectivity index (χ1v) is 5.76. The van der Waals surface area contributed by atoms with Gasteiger partial charge in [-0.3, -0.25) is 0 Å². The maximum absolute atomic E-state index is 5.33. The fourth-order valence-electron chi connectivity index (χ4n) is 1.77. The number of hydrogen-bond acceptors (Lipinski definition) is 4. The molecule has 0 fully saturated rings. The second kappa shape index (κ2) is 5.49. The van der Waals surface area contributed by atoms with Crippen molar-refractivity contribution < 1.29 is 4.74 Å². The number of anilines is 1. The first-order valence-electron chi connectivity index (χ1n) is 5.76. The average molecular weight is 219 g/mol. The van der Waals surface area contributed by atoms with Crippen LogP contribution in [0.2, 0.25) is 0 Å². The highest BCUT2D eigenvalue weighted by atomic mass is 16.5. The molecule has 0 saturated carbocycles. The van der Waals surface area contributed by atoms with Crippen LogP contribution in [0.1, 0.15) is 26.2 Å². The van der Waals surface area contributed by atoms with Gasteiger partial charge in [0.25, 0.3) is 0 Å². The van der Waals surface area contributed by atoms with Crippen LogP contribution < -0.4 is 10.1 Å². The largest absolute Gasteiger partial charge is 0.478 e. The van der Waals surface area contributed by atoms with Crippen molar-refractivity contribution in [3.05, 3.63) is 24.5 Å². The molecule has 0 radical (unpaired) electrons. The van der Waals surface area contributed by atoms with Crippen LogP contribution in [0.3, 0.4) is 0 Å². The highest BCUT2D eigenvalue weighted by Crippen LogP contribution is 2.17. The van der Waals surface area contributed by atoms with Crippen LogP contribution in [-0.2, 0) is 0 Å². The Morgan fingerprint density at radius 2 is 2.44 bits per heavy atom. The fraction of sp³-hybridized carbons (Fsp3) is 0.500. The summed E-state index contributed by atoms with van der Waals surface area (Å²) < 4.78 is 5.33. The molecule has 0 saturated heterocycles. The molecular weight excluding hydrogens is 202 g/mol. The summed E-state index contributed by atoms with van der Waals surface area (Å²) >= 11 is 0. The molecule has 0 amide bonds. The van der Waals surface area contributed by atoms with E-state index in [1.54, 1.807) is 0 Å². The van der Waals surface area contributed by atoms with E-state index >= 15 is 0 Å². The van der Waals surface area contributed by atoms with Gasteiger partial charge in [0.2, 0.25) is 5.88 Å². The standard InChI is InChI=1S/C12H17N3O/c1-2-16-12-8-11(13-9-14-12)15-10-6-4-3-5-7-10/h4,6,8-10H,2-3,5,7H2,1H3,(H,13,14,15). The summed E-state index contributed by atoms with van der Waals surface area (Å²) in [5.74, 6) is 1.45. The first kappa shape index (κ1) is 10.9. The van der Waals surface area contributed by atoms with Gasteiger partial charge in [0, 0.05) is 12.1 Å². The van der Waals surface area contributed by atoms with Gasteiger partial charge in [0.05, 0.1) is 6.61 Å². The average Bonchev–Trinajstić information content (AvgIpc) is 2.31. The van der Waals surface area contributed by atoms with E-state index in [-0.39, 0.29) is 0 Å². The first-order chi connectivity index (χ1) is 7.88. The predicted octanol–water partition coefficient (Wildman–Crippen LogP) is 2.40. The summed E-state index contributed by atoms with van der Waals surface area (Å²) in [4.78, 5) is 8.21. The van der Waals surface area contributed by atoms with E-state index in [0.717, 1.165) is 12.2 Å². The van der Waals surface area contributed by atoms with Gasteiger partial charge in [-0.1, -0.05) is 12.2 Å². The van der Waals surface area contributed by atoms with E-state index in [2.05, 4.69) is 27.4 Å². The van der Waals surface area contributed by atoms with Gasteiger partial charge in [0.1, 0.15) is 12.1 Å². The molecule has 1 unspecified atom stereocenters. The van der Waals surface area contributed by atoms with Gasteiger partial charge < -0.3 is 10.1 Å². The molecule has 86 valence electrons. The Kier molecular flexibility index (Phi) is 3.75. The highest BCUT2D eigenvalue weighted by Gasteiger charge is 2.09. The number of ether oxygens (including phenoxy) is 1. The minimum atomic E-state index is 0.387. The van der Waals surface area contributed by atoms with Crippen LogP contribution >= 0.6 is 0 Å². The topological polar surface area (TPSA) is 47.0 Å². The molecule has 4 nitrogen and oxygen atoms in total. The minimum absolute atomic E-state index is 0.387. The molecule has 0 aromatic carbocycles. The lowest BCUT2D eigenvalue weighted by atomic mass is 10.0. The number of rotatable bonds is 4. The van der Waals surface area contributed by atoms with Crippen LogP contribution in [-0.4, -0.2) is 22.6 Å². The zero-order valence-corrected chi connectivity index (χ0v) is 9.52. The smallest absolute Gasteiger partial charge is 0.218 e. The molecular formula is C12H17N3O. The Hall–Kier alpha value is -1.58. The van der Waals surface area contributed by atoms with Crippen molar-refractivity contribution in [2.45, 2.75) is 32.2 Å². The van der Waals surface area contributed by atoms with Gasteiger partial charge >= 0.3 is 0 Å². The van der Waals surface area contributed by atoms with Crippen LogP contribution in [0.4, 0.5) is 5.82 Å². The number of nitrogens with one attached hydrogen (secondary N) is 1. The lowest BCUT2D eigenvalue weighted by Gasteiger charge is -2.18. The molecule has 1 aliphatic carbocycles. The summed E-state index contributed by atoms with van der Waals surface area (Å²) in [6, 6.07) is 2.23. The molecule has 1 aromatic heterocycles. The van der Waals surface area contributed by atoms with Crippen LogP contribution in [0.5, 0.6) is 5.88 Å². The van der Waals surface area contributed by atoms with Gasteiger partial charge in [-0.25, -0.2) is 9.97 Å². The molecule has 0 aliphatic heterocycles. The summed E-state index contributed by atoms with van der Waals surface area (Å²) in [7, 11) is 0. The molecule has 1 heterocycles. The van der Waals surface area contributed by atoms with Crippen molar-refractivity contribution in [1.29, 1.82) is 0 Å². The van der Waals surface area contributed by atoms with Gasteiger partial charge in [-0.05, 0) is 26.2 Å². The molecule has 1 N–H and O–H groups in total. The molecule has 0 bridgehead atoms. The van der Waals surface area contributed by atoms with Crippen molar-refractivity contribution >= 4 is 5.82 Å². The van der Waals surface area contributed by atoms with E-state index < -0.39 is 0 Å². The van der Waals surface area contributed by atoms with E-state index in [1.165, 1.54) is 19.2 Å². The SMILES string of the molecule is CCOc1cc(NC2C=CCCC2)ncn1. The number of allylic oxidation sites excluding steroid dienone is 1. The predicted molar refractivity (Wildman–Crippen MR) is 63.6 cm³/mol. The van der Waals surface area contributed by atoms with Crippen LogP contribution in [0.25, 0.3) is 0 Å². The Bertz CT molecular complexity index is 365. The van der Waals surface area contributed by atoms with Crippen molar-refractivity contribution in [3.63, 3.8) is 0 Å². The lowest BCUT2D eigenvalue weighted by Crippen LogP contribution is -2.19. The summed E-state index contributed by atoms with van der Waals surface area (Å²) in [5, 5.41) is 3.36. The Balaban J connectivity index is 2.00. The van der Waals surface area contributed by atoms with Crippen molar-refractivity contribution in [3.8, 4) is 5.88 Å². The van der Waals surface area contributed by atoms with Gasteiger partial charge in [-0.15, -0.1) is 0 Å². The Labute approximate surface area is 95.8 Å². The molecule has 16 heavy (non-hydrogen) atoms. The van der Waals surface area contributed by atoms with Gasteiger partial charge in [-0.2, -0.15) is 0 Å². The zero-order chi connectivity index (χ0) is 11.2. The van der Waals surface area contributed by atoms with Gasteiger partial charge in [0.15, 0.2) is 0 Å². The quantitative estimate of drug-likeness (QED) is 0.790. The fourth-order valence-corrected chi connectivity index (χ4v) is 1.77. The molecule has 1 aromatic rings. The van der Waals surface area contributed by atoms with E-state index in [9.17, 15) is 0 Å². The van der Waals surface area contributed by atoms with E-state index in [1.807, 2.05) is 13.0 Å². The zero-order valence-electron chi connectivity index (χ0n) is 9.52. The summed E-state index contributed by atoms with van der Waals surface area (Å²) in [5.41, 5.74) is 0. The van der Waals surface area contributed by atoms with E-state index in [0.29, 0.717) is 18.5 Å². The second-order valence-electron chi connectivity index (χ2n) is 3.78. The lowest BCUT2D eigenvalue weighted by molar-refractivity contribution is 0.326. The number of aromatic nitrogens is 2. The molecule has 2 rings (SSSR count). The third-order valence-corrected chi connectivity index (χ3v) is 2.52. The maximum atomic E-state index is 5.33. The van der Waals surface area contributed by atoms with Crippen LogP contribution in [0, 0.1) is 0 Å². The summed E-state index contributed by atoms with van der Waals surface area (Å²) in [6.07, 6.45) is 9.52. The normalized spacial score (nSPS) is 19.4. The molecule has 1 atom stereocenters. The summed E-state index contributed by atoms with van der Waals surface area (Å²) in [6.45, 7) is 2.57. The molecule has 0 spiro atoms. The van der Waals surface area contributed by atoms with Crippen LogP contribution in [0.15, 0.2) is 24.5 Å². The molecule has 4 heteroatoms. The third-order valence-electron chi connectivity index (χ3n) is 2.52. The van der Waals surface area contributed by atoms with Crippen molar-refractivity contribution in [1.82, 2.24) is 9.97 Å². The Morgan fingerprint density at radius 1 is 1.50 bits per heavy atom. The monoisotopic (exact) mass is 219 g/mol. The van der Waals surface area contributed by atoms with Crippen molar-refractivity contribution in [2.24, 2.45) is 0 Å². The molecule has 1 aliphatic rings. The Morgan fingerprint density at radius 3 is 3.19 bits per heavy atom. The number of hydrogen-bond donors (Lipinski definition) is 1. The van der Waals surface area contributed by atoms with E-state index in [4.69, 9.17) is 4.74 Å². The second-order valence-corrected chi connectivity index (χ2v) is 3.78. The minimum Gasteiger partial charge on any atom is -0.478 e. The third kappa shape index (κ3) is 2.95. The number of nitrogens with zero attached hydrogens (tertiary/aromatic N) is 2. The van der Waals surface area contributed by atoms with Crippen molar-refractivity contribution in [2.75, 3.05) is 11.9 Å².